The van der Waals surface area contributed by atoms with Crippen LogP contribution in [0.5, 0.6) is 0 Å². The number of benzene rings is 1. The Bertz CT molecular complexity index is 383. The second kappa shape index (κ2) is 6.55. The molecular weight excluding hydrogens is 210 g/mol. The summed E-state index contributed by atoms with van der Waals surface area (Å²) in [4.78, 5) is 12.1. The van der Waals surface area contributed by atoms with Crippen molar-refractivity contribution < 1.29 is 4.79 Å². The third-order valence-corrected chi connectivity index (χ3v) is 3.06. The molecule has 0 aromatic heterocycles. The molecule has 1 N–H and O–H groups in total. The van der Waals surface area contributed by atoms with E-state index in [2.05, 4.69) is 37.4 Å². The molecule has 0 aliphatic rings. The van der Waals surface area contributed by atoms with Crippen LogP contribution in [0.3, 0.4) is 0 Å². The van der Waals surface area contributed by atoms with Crippen LogP contribution in [-0.2, 0) is 0 Å². The van der Waals surface area contributed by atoms with Gasteiger partial charge in [0.2, 0.25) is 0 Å². The summed E-state index contributed by atoms with van der Waals surface area (Å²) in [5.74, 6) is 0.736. The summed E-state index contributed by atoms with van der Waals surface area (Å²) in [6.07, 6.45) is 1.53. The Labute approximate surface area is 104 Å². The molecule has 1 rings (SSSR count). The van der Waals surface area contributed by atoms with E-state index >= 15 is 0 Å². The van der Waals surface area contributed by atoms with Gasteiger partial charge in [0, 0.05) is 12.0 Å². The minimum Gasteiger partial charge on any atom is -0.320 e. The number of carbonyl (C=O) groups is 1. The predicted octanol–water partition coefficient (Wildman–Crippen LogP) is 3.30. The van der Waals surface area contributed by atoms with Gasteiger partial charge in [-0.05, 0) is 50.0 Å². The normalized spacial score (nSPS) is 10.9. The fraction of sp³-hybridized carbons (Fsp3) is 0.533. The first kappa shape index (κ1) is 13.9. The summed E-state index contributed by atoms with van der Waals surface area (Å²) in [5.41, 5.74) is 3.23. The van der Waals surface area contributed by atoms with Gasteiger partial charge in [-0.3, -0.25) is 4.79 Å². The number of rotatable bonds is 6. The van der Waals surface area contributed by atoms with Crippen LogP contribution >= 0.6 is 0 Å². The average Bonchev–Trinajstić information content (AvgIpc) is 2.29. The molecule has 0 spiro atoms. The molecule has 1 aromatic rings. The lowest BCUT2D eigenvalue weighted by Crippen LogP contribution is -2.11. The van der Waals surface area contributed by atoms with E-state index in [4.69, 9.17) is 0 Å². The Balaban J connectivity index is 2.81. The molecular formula is C15H23NO. The van der Waals surface area contributed by atoms with Gasteiger partial charge in [-0.1, -0.05) is 26.0 Å². The van der Waals surface area contributed by atoms with Crippen molar-refractivity contribution in [3.8, 4) is 0 Å². The highest BCUT2D eigenvalue weighted by Gasteiger charge is 2.10. The van der Waals surface area contributed by atoms with Crippen LogP contribution in [0.1, 0.15) is 54.1 Å². The van der Waals surface area contributed by atoms with Gasteiger partial charge in [0.25, 0.3) is 0 Å². The molecule has 0 unspecified atom stereocenters. The van der Waals surface area contributed by atoms with Crippen molar-refractivity contribution in [3.63, 3.8) is 0 Å². The lowest BCUT2D eigenvalue weighted by molar-refractivity contribution is 0.0979. The number of carbonyl (C=O) groups excluding carboxylic acids is 1. The molecule has 0 fully saturated rings. The first-order chi connectivity index (χ1) is 8.06. The molecule has 0 aliphatic heterocycles. The summed E-state index contributed by atoms with van der Waals surface area (Å²) in [6, 6.07) is 6.23. The van der Waals surface area contributed by atoms with Crippen LogP contribution in [0.15, 0.2) is 18.2 Å². The van der Waals surface area contributed by atoms with E-state index in [1.807, 2.05) is 14.0 Å². The maximum absolute atomic E-state index is 12.1. The van der Waals surface area contributed by atoms with Crippen LogP contribution in [0.25, 0.3) is 0 Å². The Hall–Kier alpha value is -1.15. The Morgan fingerprint density at radius 2 is 2.06 bits per heavy atom. The van der Waals surface area contributed by atoms with Gasteiger partial charge in [-0.15, -0.1) is 0 Å². The van der Waals surface area contributed by atoms with Crippen LogP contribution in [0.2, 0.25) is 0 Å². The molecule has 0 bridgehead atoms. The highest BCUT2D eigenvalue weighted by molar-refractivity contribution is 5.97. The summed E-state index contributed by atoms with van der Waals surface area (Å²) in [7, 11) is 1.91. The second-order valence-electron chi connectivity index (χ2n) is 4.86. The molecule has 2 heteroatoms. The quantitative estimate of drug-likeness (QED) is 0.603. The Morgan fingerprint density at radius 1 is 1.35 bits per heavy atom. The van der Waals surface area contributed by atoms with Gasteiger partial charge in [0.1, 0.15) is 0 Å². The molecule has 1 aromatic carbocycles. The summed E-state index contributed by atoms with van der Waals surface area (Å²) < 4.78 is 0. The summed E-state index contributed by atoms with van der Waals surface area (Å²) >= 11 is 0. The number of hydrogen-bond donors (Lipinski definition) is 1. The zero-order valence-corrected chi connectivity index (χ0v) is 11.3. The summed E-state index contributed by atoms with van der Waals surface area (Å²) in [6.45, 7) is 7.21. The van der Waals surface area contributed by atoms with E-state index in [-0.39, 0.29) is 5.78 Å². The molecule has 0 amide bonds. The zero-order chi connectivity index (χ0) is 12.8. The maximum atomic E-state index is 12.1. The van der Waals surface area contributed by atoms with Gasteiger partial charge < -0.3 is 5.32 Å². The van der Waals surface area contributed by atoms with Crippen LogP contribution in [0, 0.1) is 6.92 Å². The number of nitrogens with one attached hydrogen (secondary N) is 1. The molecule has 0 saturated carbocycles. The predicted molar refractivity (Wildman–Crippen MR) is 72.8 cm³/mol. The van der Waals surface area contributed by atoms with E-state index < -0.39 is 0 Å². The van der Waals surface area contributed by atoms with Crippen LogP contribution < -0.4 is 5.32 Å². The number of hydrogen-bond acceptors (Lipinski definition) is 2. The zero-order valence-electron chi connectivity index (χ0n) is 11.3. The Morgan fingerprint density at radius 3 is 2.65 bits per heavy atom. The highest BCUT2D eigenvalue weighted by atomic mass is 16.1. The van der Waals surface area contributed by atoms with Gasteiger partial charge in [-0.2, -0.15) is 0 Å². The smallest absolute Gasteiger partial charge is 0.163 e. The third kappa shape index (κ3) is 3.97. The summed E-state index contributed by atoms with van der Waals surface area (Å²) in [5, 5.41) is 3.07. The van der Waals surface area contributed by atoms with Crippen molar-refractivity contribution in [1.29, 1.82) is 0 Å². The number of Topliss-reactive ketones (excluding diaryl/α,β-unsaturated/α-hetero) is 1. The SMILES string of the molecule is CNCCCC(=O)c1cc(C(C)C)ccc1C. The Kier molecular flexibility index (Phi) is 5.36. The lowest BCUT2D eigenvalue weighted by atomic mass is 9.94. The number of ketones is 1. The van der Waals surface area contributed by atoms with Crippen molar-refractivity contribution in [2.45, 2.75) is 39.5 Å². The molecule has 0 aliphatic carbocycles. The first-order valence-corrected chi connectivity index (χ1v) is 6.34. The van der Waals surface area contributed by atoms with Crippen molar-refractivity contribution >= 4 is 5.78 Å². The van der Waals surface area contributed by atoms with Crippen LogP contribution in [0.4, 0.5) is 0 Å². The van der Waals surface area contributed by atoms with E-state index in [1.165, 1.54) is 5.56 Å². The standard InChI is InChI=1S/C15H23NO/c1-11(2)13-8-7-12(3)14(10-13)15(17)6-5-9-16-4/h7-8,10-11,16H,5-6,9H2,1-4H3. The molecule has 0 heterocycles. The highest BCUT2D eigenvalue weighted by Crippen LogP contribution is 2.20. The van der Waals surface area contributed by atoms with E-state index in [0.29, 0.717) is 12.3 Å². The fourth-order valence-electron chi connectivity index (χ4n) is 1.86. The molecule has 17 heavy (non-hydrogen) atoms. The van der Waals surface area contributed by atoms with Crippen molar-refractivity contribution in [1.82, 2.24) is 5.32 Å². The van der Waals surface area contributed by atoms with Crippen molar-refractivity contribution in [2.24, 2.45) is 0 Å². The molecule has 0 saturated heterocycles. The van der Waals surface area contributed by atoms with Crippen LogP contribution in [-0.4, -0.2) is 19.4 Å². The molecule has 0 atom stereocenters. The van der Waals surface area contributed by atoms with Gasteiger partial charge in [-0.25, -0.2) is 0 Å². The fourth-order valence-corrected chi connectivity index (χ4v) is 1.86. The van der Waals surface area contributed by atoms with Crippen molar-refractivity contribution in [2.75, 3.05) is 13.6 Å². The largest absolute Gasteiger partial charge is 0.320 e. The maximum Gasteiger partial charge on any atom is 0.163 e. The monoisotopic (exact) mass is 233 g/mol. The first-order valence-electron chi connectivity index (χ1n) is 6.34. The minimum atomic E-state index is 0.264. The van der Waals surface area contributed by atoms with E-state index in [0.717, 1.165) is 24.1 Å². The van der Waals surface area contributed by atoms with Gasteiger partial charge in [0.15, 0.2) is 5.78 Å². The second-order valence-corrected chi connectivity index (χ2v) is 4.86. The van der Waals surface area contributed by atoms with Crippen molar-refractivity contribution in [3.05, 3.63) is 34.9 Å². The topological polar surface area (TPSA) is 29.1 Å². The molecule has 2 nitrogen and oxygen atoms in total. The lowest BCUT2D eigenvalue weighted by Gasteiger charge is -2.10. The number of aryl methyl sites for hydroxylation is 1. The molecule has 0 radical (unpaired) electrons. The third-order valence-electron chi connectivity index (χ3n) is 3.06. The molecule has 94 valence electrons. The van der Waals surface area contributed by atoms with Gasteiger partial charge >= 0.3 is 0 Å². The van der Waals surface area contributed by atoms with Gasteiger partial charge in [0.05, 0.1) is 0 Å². The van der Waals surface area contributed by atoms with E-state index in [1.54, 1.807) is 0 Å². The average molecular weight is 233 g/mol. The minimum absolute atomic E-state index is 0.264. The van der Waals surface area contributed by atoms with E-state index in [9.17, 15) is 4.79 Å².